The molecule has 35 heavy (non-hydrogen) atoms. The molecule has 0 bridgehead atoms. The average Bonchev–Trinajstić information content (AvgIpc) is 2.87. The van der Waals surface area contributed by atoms with E-state index in [1.807, 2.05) is 30.3 Å². The molecule has 184 valence electrons. The highest BCUT2D eigenvalue weighted by Gasteiger charge is 2.20. The number of rotatable bonds is 11. The molecule has 0 spiro atoms. The molecule has 0 saturated heterocycles. The summed E-state index contributed by atoms with van der Waals surface area (Å²) in [4.78, 5) is 26.4. The minimum absolute atomic E-state index is 0.0581. The number of carbonyl (C=O) groups is 2. The second-order valence-electron chi connectivity index (χ2n) is 7.50. The van der Waals surface area contributed by atoms with Gasteiger partial charge in [0, 0.05) is 18.1 Å². The van der Waals surface area contributed by atoms with Gasteiger partial charge in [-0.2, -0.15) is 0 Å². The molecule has 0 fully saturated rings. The van der Waals surface area contributed by atoms with Crippen LogP contribution in [0.15, 0.2) is 60.7 Å². The van der Waals surface area contributed by atoms with E-state index in [4.69, 9.17) is 30.5 Å². The Morgan fingerprint density at radius 1 is 0.829 bits per heavy atom. The number of hydrogen-bond acceptors (Lipinski definition) is 6. The summed E-state index contributed by atoms with van der Waals surface area (Å²) < 4.78 is 21.8. The molecule has 0 aromatic heterocycles. The van der Waals surface area contributed by atoms with Crippen LogP contribution < -0.4 is 18.9 Å². The zero-order valence-electron chi connectivity index (χ0n) is 19.6. The van der Waals surface area contributed by atoms with Crippen molar-refractivity contribution >= 4 is 23.5 Å². The van der Waals surface area contributed by atoms with E-state index in [-0.39, 0.29) is 35.4 Å². The predicted octanol–water partition coefficient (Wildman–Crippen LogP) is 4.67. The second kappa shape index (κ2) is 12.0. The maximum absolute atomic E-state index is 13.2. The molecule has 0 unspecified atom stereocenters. The molecule has 3 aromatic rings. The third-order valence-corrected chi connectivity index (χ3v) is 5.43. The molecule has 3 rings (SSSR count). The minimum atomic E-state index is -1.20. The Morgan fingerprint density at radius 3 is 2.03 bits per heavy atom. The quantitative estimate of drug-likeness (QED) is 0.409. The van der Waals surface area contributed by atoms with E-state index in [1.165, 1.54) is 39.5 Å². The first kappa shape index (κ1) is 25.7. The number of aromatic carboxylic acids is 1. The highest BCUT2D eigenvalue weighted by molar-refractivity contribution is 6.31. The summed E-state index contributed by atoms with van der Waals surface area (Å²) in [6, 6.07) is 17.3. The van der Waals surface area contributed by atoms with Crippen molar-refractivity contribution in [1.82, 2.24) is 4.90 Å². The highest BCUT2D eigenvalue weighted by atomic mass is 35.5. The van der Waals surface area contributed by atoms with E-state index < -0.39 is 5.97 Å². The van der Waals surface area contributed by atoms with Crippen molar-refractivity contribution in [2.24, 2.45) is 0 Å². The van der Waals surface area contributed by atoms with E-state index >= 15 is 0 Å². The lowest BCUT2D eigenvalue weighted by atomic mass is 10.1. The lowest BCUT2D eigenvalue weighted by molar-refractivity contribution is -0.134. The standard InChI is InChI=1S/C26H26ClNO7/c1-32-22-11-18(12-23(33-2)25(22)34-3)15-28(14-17-7-5-4-6-8-17)24(29)16-35-21-10-9-19(27)13-20(21)26(30)31/h4-13H,14-16H2,1-3H3,(H,30,31). The first-order valence-electron chi connectivity index (χ1n) is 10.6. The zero-order chi connectivity index (χ0) is 25.4. The van der Waals surface area contributed by atoms with Crippen LogP contribution in [0.5, 0.6) is 23.0 Å². The fourth-order valence-corrected chi connectivity index (χ4v) is 3.68. The van der Waals surface area contributed by atoms with Crippen molar-refractivity contribution < 1.29 is 33.6 Å². The largest absolute Gasteiger partial charge is 0.493 e. The van der Waals surface area contributed by atoms with Gasteiger partial charge in [0.1, 0.15) is 11.3 Å². The van der Waals surface area contributed by atoms with Gasteiger partial charge >= 0.3 is 5.97 Å². The SMILES string of the molecule is COc1cc(CN(Cc2ccccc2)C(=O)COc2ccc(Cl)cc2C(=O)O)cc(OC)c1OC. The lowest BCUT2D eigenvalue weighted by Gasteiger charge is -2.24. The Morgan fingerprint density at radius 2 is 1.46 bits per heavy atom. The Kier molecular flexibility index (Phi) is 8.80. The normalized spacial score (nSPS) is 10.4. The van der Waals surface area contributed by atoms with E-state index in [2.05, 4.69) is 0 Å². The number of methoxy groups -OCH3 is 3. The van der Waals surface area contributed by atoms with Crippen LogP contribution in [-0.2, 0) is 17.9 Å². The van der Waals surface area contributed by atoms with E-state index in [1.54, 1.807) is 17.0 Å². The van der Waals surface area contributed by atoms with Gasteiger partial charge in [-0.25, -0.2) is 4.79 Å². The summed E-state index contributed by atoms with van der Waals surface area (Å²) in [5.74, 6) is -0.0907. The maximum Gasteiger partial charge on any atom is 0.339 e. The molecule has 0 aliphatic rings. The van der Waals surface area contributed by atoms with Crippen LogP contribution >= 0.6 is 11.6 Å². The van der Waals surface area contributed by atoms with E-state index in [0.717, 1.165) is 11.1 Å². The van der Waals surface area contributed by atoms with Crippen LogP contribution in [0.3, 0.4) is 0 Å². The van der Waals surface area contributed by atoms with Crippen molar-refractivity contribution in [3.63, 3.8) is 0 Å². The van der Waals surface area contributed by atoms with Gasteiger partial charge < -0.3 is 29.0 Å². The maximum atomic E-state index is 13.2. The first-order valence-corrected chi connectivity index (χ1v) is 11.0. The van der Waals surface area contributed by atoms with Crippen LogP contribution in [0.4, 0.5) is 0 Å². The molecule has 0 radical (unpaired) electrons. The fraction of sp³-hybridized carbons (Fsp3) is 0.231. The zero-order valence-corrected chi connectivity index (χ0v) is 20.4. The number of nitrogens with zero attached hydrogens (tertiary/aromatic N) is 1. The van der Waals surface area contributed by atoms with Gasteiger partial charge in [0.05, 0.1) is 21.3 Å². The monoisotopic (exact) mass is 499 g/mol. The number of carboxylic acids is 1. The molecular formula is C26H26ClNO7. The van der Waals surface area contributed by atoms with Crippen molar-refractivity contribution in [3.05, 3.63) is 82.4 Å². The molecule has 0 aliphatic carbocycles. The minimum Gasteiger partial charge on any atom is -0.493 e. The van der Waals surface area contributed by atoms with Gasteiger partial charge in [0.25, 0.3) is 5.91 Å². The molecule has 0 aliphatic heterocycles. The van der Waals surface area contributed by atoms with Gasteiger partial charge in [-0.1, -0.05) is 41.9 Å². The summed E-state index contributed by atoms with van der Waals surface area (Å²) in [5.41, 5.74) is 1.55. The molecular weight excluding hydrogens is 474 g/mol. The molecule has 8 nitrogen and oxygen atoms in total. The molecule has 0 saturated carbocycles. The lowest BCUT2D eigenvalue weighted by Crippen LogP contribution is -2.34. The summed E-state index contributed by atoms with van der Waals surface area (Å²) in [5, 5.41) is 9.69. The number of hydrogen-bond donors (Lipinski definition) is 1. The predicted molar refractivity (Wildman–Crippen MR) is 131 cm³/mol. The Hall–Kier alpha value is -3.91. The van der Waals surface area contributed by atoms with Gasteiger partial charge in [0.2, 0.25) is 5.75 Å². The van der Waals surface area contributed by atoms with Gasteiger partial charge in [-0.3, -0.25) is 4.79 Å². The Bertz CT molecular complexity index is 1160. The van der Waals surface area contributed by atoms with Crippen LogP contribution in [0.25, 0.3) is 0 Å². The number of carboxylic acid groups (broad SMARTS) is 1. The third-order valence-electron chi connectivity index (χ3n) is 5.19. The summed E-state index contributed by atoms with van der Waals surface area (Å²) >= 11 is 5.90. The second-order valence-corrected chi connectivity index (χ2v) is 7.94. The van der Waals surface area contributed by atoms with Gasteiger partial charge in [-0.15, -0.1) is 0 Å². The average molecular weight is 500 g/mol. The smallest absolute Gasteiger partial charge is 0.339 e. The van der Waals surface area contributed by atoms with Crippen LogP contribution in [0, 0.1) is 0 Å². The molecule has 9 heteroatoms. The summed E-state index contributed by atoms with van der Waals surface area (Å²) in [6.45, 7) is 0.172. The number of amides is 1. The van der Waals surface area contributed by atoms with Crippen molar-refractivity contribution in [1.29, 1.82) is 0 Å². The number of halogens is 1. The van der Waals surface area contributed by atoms with E-state index in [9.17, 15) is 14.7 Å². The van der Waals surface area contributed by atoms with Gasteiger partial charge in [0.15, 0.2) is 18.1 Å². The number of ether oxygens (including phenoxy) is 4. The van der Waals surface area contributed by atoms with Gasteiger partial charge in [-0.05, 0) is 41.5 Å². The first-order chi connectivity index (χ1) is 16.9. The van der Waals surface area contributed by atoms with Crippen molar-refractivity contribution in [3.8, 4) is 23.0 Å². The Balaban J connectivity index is 1.87. The van der Waals surface area contributed by atoms with E-state index in [0.29, 0.717) is 23.8 Å². The number of benzene rings is 3. The molecule has 3 aromatic carbocycles. The van der Waals surface area contributed by atoms with Crippen LogP contribution in [0.2, 0.25) is 5.02 Å². The van der Waals surface area contributed by atoms with Crippen molar-refractivity contribution in [2.45, 2.75) is 13.1 Å². The van der Waals surface area contributed by atoms with Crippen molar-refractivity contribution in [2.75, 3.05) is 27.9 Å². The summed E-state index contributed by atoms with van der Waals surface area (Å²) in [6.07, 6.45) is 0. The molecule has 0 heterocycles. The van der Waals surface area contributed by atoms with Crippen LogP contribution in [-0.4, -0.2) is 49.8 Å². The number of carbonyl (C=O) groups excluding carboxylic acids is 1. The third kappa shape index (κ3) is 6.58. The molecule has 1 amide bonds. The Labute approximate surface area is 208 Å². The highest BCUT2D eigenvalue weighted by Crippen LogP contribution is 2.38. The molecule has 0 atom stereocenters. The van der Waals surface area contributed by atoms with Crippen LogP contribution in [0.1, 0.15) is 21.5 Å². The molecule has 1 N–H and O–H groups in total. The topological polar surface area (TPSA) is 94.5 Å². The summed E-state index contributed by atoms with van der Waals surface area (Å²) in [7, 11) is 4.56. The fourth-order valence-electron chi connectivity index (χ4n) is 3.51.